The van der Waals surface area contributed by atoms with Crippen molar-refractivity contribution in [1.82, 2.24) is 0 Å². The maximum Gasteiger partial charge on any atom is 0.330 e. The summed E-state index contributed by atoms with van der Waals surface area (Å²) in [5, 5.41) is 17.8. The topological polar surface area (TPSA) is 69.9 Å². The van der Waals surface area contributed by atoms with Crippen LogP contribution in [0.2, 0.25) is 0 Å². The van der Waals surface area contributed by atoms with Gasteiger partial charge in [0.25, 0.3) is 0 Å². The van der Waals surface area contributed by atoms with E-state index in [4.69, 9.17) is 10.2 Å². The summed E-state index contributed by atoms with van der Waals surface area (Å²) >= 11 is 0. The molecular formula is C13H17NO3. The summed E-state index contributed by atoms with van der Waals surface area (Å²) in [7, 11) is 0. The van der Waals surface area contributed by atoms with Crippen LogP contribution in [0.25, 0.3) is 0 Å². The van der Waals surface area contributed by atoms with Crippen LogP contribution in [0, 0.1) is 0 Å². The van der Waals surface area contributed by atoms with Gasteiger partial charge in [-0.15, -0.1) is 0 Å². The van der Waals surface area contributed by atoms with Crippen LogP contribution in [0.5, 0.6) is 0 Å². The zero-order chi connectivity index (χ0) is 12.7. The molecule has 92 valence electrons. The summed E-state index contributed by atoms with van der Waals surface area (Å²) in [6, 6.07) is 8.38. The van der Waals surface area contributed by atoms with Crippen LogP contribution in [0.4, 0.5) is 0 Å². The van der Waals surface area contributed by atoms with E-state index in [2.05, 4.69) is 4.99 Å². The Morgan fingerprint density at radius 2 is 2.00 bits per heavy atom. The van der Waals surface area contributed by atoms with Gasteiger partial charge >= 0.3 is 5.97 Å². The highest BCUT2D eigenvalue weighted by Gasteiger charge is 2.16. The molecule has 0 heterocycles. The number of carboxylic acids is 1. The molecule has 0 radical (unpaired) electrons. The maximum absolute atomic E-state index is 10.8. The van der Waals surface area contributed by atoms with Crippen LogP contribution < -0.4 is 0 Å². The highest BCUT2D eigenvalue weighted by molar-refractivity contribution is 6.01. The number of nitrogens with zero attached hydrogens (tertiary/aromatic N) is 1. The van der Waals surface area contributed by atoms with Crippen molar-refractivity contribution in [1.29, 1.82) is 0 Å². The fourth-order valence-electron chi connectivity index (χ4n) is 1.51. The van der Waals surface area contributed by atoms with E-state index >= 15 is 0 Å². The van der Waals surface area contributed by atoms with Crippen molar-refractivity contribution in [3.05, 3.63) is 35.9 Å². The van der Waals surface area contributed by atoms with Crippen LogP contribution in [-0.2, 0) is 4.79 Å². The number of hydrogen-bond acceptors (Lipinski definition) is 3. The fourth-order valence-corrected chi connectivity index (χ4v) is 1.51. The molecule has 1 atom stereocenters. The Morgan fingerprint density at radius 1 is 1.35 bits per heavy atom. The zero-order valence-electron chi connectivity index (χ0n) is 9.84. The number of benzene rings is 1. The SMILES string of the molecule is CCCC(=NC(CO)C(=O)O)c1ccccc1. The van der Waals surface area contributed by atoms with Crippen LogP contribution >= 0.6 is 0 Å². The van der Waals surface area contributed by atoms with Gasteiger partial charge in [-0.05, 0) is 12.0 Å². The Morgan fingerprint density at radius 3 is 2.47 bits per heavy atom. The highest BCUT2D eigenvalue weighted by Crippen LogP contribution is 2.08. The summed E-state index contributed by atoms with van der Waals surface area (Å²) in [6.07, 6.45) is 1.58. The van der Waals surface area contributed by atoms with E-state index in [1.807, 2.05) is 37.3 Å². The van der Waals surface area contributed by atoms with Crippen molar-refractivity contribution in [2.75, 3.05) is 6.61 Å². The van der Waals surface area contributed by atoms with Gasteiger partial charge in [0.15, 0.2) is 6.04 Å². The second-order valence-corrected chi connectivity index (χ2v) is 3.73. The lowest BCUT2D eigenvalue weighted by Crippen LogP contribution is -2.24. The third kappa shape index (κ3) is 4.00. The van der Waals surface area contributed by atoms with Crippen molar-refractivity contribution < 1.29 is 15.0 Å². The van der Waals surface area contributed by atoms with E-state index in [-0.39, 0.29) is 0 Å². The minimum Gasteiger partial charge on any atom is -0.480 e. The molecule has 0 aromatic heterocycles. The monoisotopic (exact) mass is 235 g/mol. The molecule has 0 aliphatic carbocycles. The van der Waals surface area contributed by atoms with Gasteiger partial charge in [0.1, 0.15) is 0 Å². The Kier molecular flexibility index (Phi) is 5.36. The fraction of sp³-hybridized carbons (Fsp3) is 0.385. The molecule has 0 aliphatic rings. The molecule has 1 aromatic carbocycles. The van der Waals surface area contributed by atoms with Crippen molar-refractivity contribution in [2.24, 2.45) is 4.99 Å². The summed E-state index contributed by atoms with van der Waals surface area (Å²) in [5.74, 6) is -1.10. The first-order valence-corrected chi connectivity index (χ1v) is 5.64. The lowest BCUT2D eigenvalue weighted by atomic mass is 10.1. The molecule has 0 aliphatic heterocycles. The average Bonchev–Trinajstić information content (AvgIpc) is 2.35. The molecule has 4 heteroatoms. The number of aliphatic hydroxyl groups excluding tert-OH is 1. The summed E-state index contributed by atoms with van der Waals surface area (Å²) in [5.41, 5.74) is 1.64. The predicted octanol–water partition coefficient (Wildman–Crippen LogP) is 1.72. The highest BCUT2D eigenvalue weighted by atomic mass is 16.4. The summed E-state index contributed by atoms with van der Waals surface area (Å²) in [4.78, 5) is 15.0. The molecule has 0 saturated carbocycles. The Hall–Kier alpha value is -1.68. The van der Waals surface area contributed by atoms with E-state index in [1.54, 1.807) is 0 Å². The van der Waals surface area contributed by atoms with E-state index in [0.29, 0.717) is 6.42 Å². The molecule has 4 nitrogen and oxygen atoms in total. The van der Waals surface area contributed by atoms with Gasteiger partial charge in [-0.25, -0.2) is 4.79 Å². The molecule has 1 unspecified atom stereocenters. The van der Waals surface area contributed by atoms with Crippen LogP contribution in [0.15, 0.2) is 35.3 Å². The molecule has 0 spiro atoms. The maximum atomic E-state index is 10.8. The molecule has 1 rings (SSSR count). The van der Waals surface area contributed by atoms with Crippen molar-refractivity contribution >= 4 is 11.7 Å². The van der Waals surface area contributed by atoms with E-state index in [9.17, 15) is 4.79 Å². The second-order valence-electron chi connectivity index (χ2n) is 3.73. The predicted molar refractivity (Wildman–Crippen MR) is 66.4 cm³/mol. The van der Waals surface area contributed by atoms with E-state index in [1.165, 1.54) is 0 Å². The number of rotatable bonds is 6. The molecule has 0 amide bonds. The van der Waals surface area contributed by atoms with Gasteiger partial charge in [-0.3, -0.25) is 4.99 Å². The lowest BCUT2D eigenvalue weighted by molar-refractivity contribution is -0.139. The molecule has 1 aromatic rings. The third-order valence-corrected chi connectivity index (χ3v) is 2.36. The number of aliphatic imine (C=N–C) groups is 1. The Bertz CT molecular complexity index is 387. The molecule has 0 saturated heterocycles. The number of aliphatic hydroxyl groups is 1. The van der Waals surface area contributed by atoms with Crippen LogP contribution in [-0.4, -0.2) is 34.5 Å². The zero-order valence-corrected chi connectivity index (χ0v) is 9.84. The van der Waals surface area contributed by atoms with Gasteiger partial charge in [-0.2, -0.15) is 0 Å². The van der Waals surface area contributed by atoms with Gasteiger partial charge in [-0.1, -0.05) is 43.7 Å². The van der Waals surface area contributed by atoms with Gasteiger partial charge in [0.05, 0.1) is 6.61 Å². The van der Waals surface area contributed by atoms with Crippen LogP contribution in [0.1, 0.15) is 25.3 Å². The number of hydrogen-bond donors (Lipinski definition) is 2. The van der Waals surface area contributed by atoms with Gasteiger partial charge in [0.2, 0.25) is 0 Å². The molecule has 0 bridgehead atoms. The lowest BCUT2D eigenvalue weighted by Gasteiger charge is -2.09. The second kappa shape index (κ2) is 6.81. The molecule has 0 fully saturated rings. The normalized spacial score (nSPS) is 13.4. The largest absolute Gasteiger partial charge is 0.480 e. The number of aliphatic carboxylic acids is 1. The van der Waals surface area contributed by atoms with Crippen LogP contribution in [0.3, 0.4) is 0 Å². The third-order valence-electron chi connectivity index (χ3n) is 2.36. The first kappa shape index (κ1) is 13.4. The van der Waals surface area contributed by atoms with Crippen molar-refractivity contribution in [2.45, 2.75) is 25.8 Å². The Labute approximate surface area is 101 Å². The quantitative estimate of drug-likeness (QED) is 0.737. The number of carbonyl (C=O) groups is 1. The molecular weight excluding hydrogens is 218 g/mol. The van der Waals surface area contributed by atoms with Crippen molar-refractivity contribution in [3.8, 4) is 0 Å². The molecule has 17 heavy (non-hydrogen) atoms. The smallest absolute Gasteiger partial charge is 0.330 e. The Balaban J connectivity index is 3.00. The van der Waals surface area contributed by atoms with Gasteiger partial charge < -0.3 is 10.2 Å². The number of carboxylic acid groups (broad SMARTS) is 1. The summed E-state index contributed by atoms with van der Waals surface area (Å²) < 4.78 is 0. The molecule has 2 N–H and O–H groups in total. The average molecular weight is 235 g/mol. The first-order valence-electron chi connectivity index (χ1n) is 5.64. The first-order chi connectivity index (χ1) is 8.19. The minimum atomic E-state index is -1.10. The van der Waals surface area contributed by atoms with Crippen molar-refractivity contribution in [3.63, 3.8) is 0 Å². The van der Waals surface area contributed by atoms with Gasteiger partial charge in [0, 0.05) is 5.71 Å². The summed E-state index contributed by atoms with van der Waals surface area (Å²) in [6.45, 7) is 1.53. The standard InChI is InChI=1S/C13H17NO3/c1-2-6-11(10-7-4-3-5-8-10)14-12(9-15)13(16)17/h3-5,7-8,12,15H,2,6,9H2,1H3,(H,16,17). The minimum absolute atomic E-state index is 0.477. The van der Waals surface area contributed by atoms with E-state index in [0.717, 1.165) is 17.7 Å². The van der Waals surface area contributed by atoms with E-state index < -0.39 is 18.6 Å².